The molecule has 1 aromatic carbocycles. The Morgan fingerprint density at radius 1 is 0.972 bits per heavy atom. The molecule has 6 aliphatic rings. The summed E-state index contributed by atoms with van der Waals surface area (Å²) in [6.45, 7) is 13.8. The number of rotatable bonds is 9. The third-order valence-corrected chi connectivity index (χ3v) is 16.0. The number of esters is 1. The number of nitrogens with one attached hydrogen (secondary N) is 2. The zero-order valence-corrected chi connectivity index (χ0v) is 41.5. The number of cyclic esters (lactones) is 1. The normalized spacial score (nSPS) is 26.9. The van der Waals surface area contributed by atoms with Gasteiger partial charge in [0.05, 0.1) is 30.1 Å². The lowest BCUT2D eigenvalue weighted by molar-refractivity contribution is -0.156. The summed E-state index contributed by atoms with van der Waals surface area (Å²) in [5.74, 6) is -1.60. The molecule has 5 fully saturated rings. The first-order chi connectivity index (χ1) is 34.3. The number of carbonyl (C=O) groups is 4. The van der Waals surface area contributed by atoms with Crippen molar-refractivity contribution in [2.45, 2.75) is 109 Å². The number of hydrazine groups is 1. The number of likely N-dealkylation sites (tertiary alicyclic amines) is 1. The smallest absolute Gasteiger partial charge is 0.324 e. The number of piperazine rings is 1. The fraction of sp³-hybridized carbons (Fsp3) is 0.547. The highest BCUT2D eigenvalue weighted by atomic mass is 16.5. The van der Waals surface area contributed by atoms with Gasteiger partial charge in [0.15, 0.2) is 0 Å². The molecule has 3 saturated heterocycles. The number of fused-ring (bicyclic) bond motifs is 6. The molecule has 71 heavy (non-hydrogen) atoms. The van der Waals surface area contributed by atoms with Gasteiger partial charge in [0.2, 0.25) is 17.7 Å². The number of carbonyl (C=O) groups excluding carboxylic acids is 4. The van der Waals surface area contributed by atoms with Crippen LogP contribution in [-0.4, -0.2) is 146 Å². The monoisotopic (exact) mass is 968 g/mol. The Labute approximate surface area is 413 Å². The maximum atomic E-state index is 15.3. The summed E-state index contributed by atoms with van der Waals surface area (Å²) in [5.41, 5.74) is 9.98. The number of ether oxygens (including phenoxy) is 2. The van der Waals surface area contributed by atoms with E-state index in [9.17, 15) is 14.4 Å². The zero-order valence-electron chi connectivity index (χ0n) is 41.5. The molecule has 4 aliphatic heterocycles. The molecule has 2 aliphatic carbocycles. The van der Waals surface area contributed by atoms with Crippen LogP contribution < -0.4 is 10.7 Å². The fourth-order valence-corrected chi connectivity index (χ4v) is 11.7. The van der Waals surface area contributed by atoms with Gasteiger partial charge in [-0.2, -0.15) is 0 Å². The Hall–Kier alpha value is -6.08. The predicted octanol–water partition coefficient (Wildman–Crippen LogP) is 5.24. The SMILES string of the molecule is CO[C@@H](C)c1ncccc1-c1c2c3cc(ccc3n1C1CN(C3CC3)C1)-c1coc(n1)[C@@H](N1CCN(C(C)=O)CC1)[C@H](NC(=O)[C@H]1[C@H](C)[C@@H]1c1ccncn1)C(=O)N1CCC[C@H](N1)C(=O)OCC(C)(C)C2. The van der Waals surface area contributed by atoms with Gasteiger partial charge in [-0.05, 0) is 80.8 Å². The molecular formula is C53H65N11O7. The molecule has 2 saturated carbocycles. The van der Waals surface area contributed by atoms with Crippen LogP contribution in [0.1, 0.15) is 107 Å². The van der Waals surface area contributed by atoms with Crippen molar-refractivity contribution < 1.29 is 33.1 Å². The average Bonchev–Trinajstić information content (AvgIpc) is 4.25. The highest BCUT2D eigenvalue weighted by Crippen LogP contribution is 2.53. The van der Waals surface area contributed by atoms with Crippen molar-refractivity contribution in [1.29, 1.82) is 0 Å². The lowest BCUT2D eigenvalue weighted by atomic mass is 9.84. The summed E-state index contributed by atoms with van der Waals surface area (Å²) in [4.78, 5) is 82.0. The first-order valence-electron chi connectivity index (χ1n) is 25.4. The summed E-state index contributed by atoms with van der Waals surface area (Å²) in [6.07, 6.45) is 10.4. The minimum atomic E-state index is -1.21. The van der Waals surface area contributed by atoms with E-state index < -0.39 is 41.3 Å². The number of oxazole rings is 1. The first kappa shape index (κ1) is 47.3. The zero-order chi connectivity index (χ0) is 49.3. The van der Waals surface area contributed by atoms with Gasteiger partial charge in [0.25, 0.3) is 5.91 Å². The molecule has 4 aromatic heterocycles. The fourth-order valence-electron chi connectivity index (χ4n) is 11.7. The van der Waals surface area contributed by atoms with Crippen molar-refractivity contribution in [3.05, 3.63) is 84.2 Å². The average molecular weight is 968 g/mol. The van der Waals surface area contributed by atoms with Crippen molar-refractivity contribution in [2.75, 3.05) is 59.5 Å². The van der Waals surface area contributed by atoms with Crippen LogP contribution in [0.15, 0.2) is 65.8 Å². The maximum Gasteiger partial charge on any atom is 0.324 e. The number of amides is 3. The van der Waals surface area contributed by atoms with Gasteiger partial charge >= 0.3 is 5.97 Å². The molecule has 3 amide bonds. The van der Waals surface area contributed by atoms with Crippen molar-refractivity contribution in [1.82, 2.24) is 55.0 Å². The molecular weight excluding hydrogens is 903 g/mol. The van der Waals surface area contributed by atoms with Crippen molar-refractivity contribution in [2.24, 2.45) is 17.3 Å². The van der Waals surface area contributed by atoms with Crippen LogP contribution in [0.2, 0.25) is 0 Å². The molecule has 5 aromatic rings. The van der Waals surface area contributed by atoms with Gasteiger partial charge in [-0.3, -0.25) is 39.0 Å². The third-order valence-electron chi connectivity index (χ3n) is 16.0. The number of nitrogens with zero attached hydrogens (tertiary/aromatic N) is 9. The first-order valence-corrected chi connectivity index (χ1v) is 25.4. The van der Waals surface area contributed by atoms with E-state index in [0.29, 0.717) is 63.7 Å². The standard InChI is InChI=1S/C53H65N11O7/c1-30-43(39-15-17-54-29-56-39)44(30)49(66)58-46-48(61-21-19-60(20-22-61)32(3)65)50-57-41(27-70-50)33-11-14-42-37(23-33)38(24-53(4,5)28-71-52(68)40-10-8-18-63(59-40)51(46)67)47(36-9-7-16-55-45(36)31(2)69-6)64(42)35-25-62(26-35)34-12-13-34/h7,9,11,14-17,23,27,29-31,34-35,40,43-44,46,48,59H,8,10,12-13,18-22,24-26,28H2,1-6H3,(H,58,66)/t30-,31+,40+,43-,44+,46+,48+/m1/s1. The number of hydrogen-bond acceptors (Lipinski definition) is 14. The molecule has 7 atom stereocenters. The second kappa shape index (κ2) is 18.8. The van der Waals surface area contributed by atoms with Gasteiger partial charge in [0, 0.05) is 123 Å². The minimum absolute atomic E-state index is 0.0358. The van der Waals surface area contributed by atoms with Gasteiger partial charge in [-0.25, -0.2) is 20.4 Å². The van der Waals surface area contributed by atoms with Crippen LogP contribution >= 0.6 is 0 Å². The van der Waals surface area contributed by atoms with E-state index >= 15 is 4.79 Å². The molecule has 0 radical (unpaired) electrons. The highest BCUT2D eigenvalue weighted by molar-refractivity contribution is 5.95. The number of hydrogen-bond donors (Lipinski definition) is 2. The molecule has 11 rings (SSSR count). The van der Waals surface area contributed by atoms with E-state index in [1.807, 2.05) is 32.2 Å². The van der Waals surface area contributed by atoms with E-state index in [4.69, 9.17) is 23.9 Å². The summed E-state index contributed by atoms with van der Waals surface area (Å²) < 4.78 is 21.3. The van der Waals surface area contributed by atoms with Gasteiger partial charge < -0.3 is 28.7 Å². The van der Waals surface area contributed by atoms with Gasteiger partial charge in [-0.1, -0.05) is 26.8 Å². The number of methoxy groups -OCH3 is 1. The summed E-state index contributed by atoms with van der Waals surface area (Å²) >= 11 is 0. The van der Waals surface area contributed by atoms with Crippen molar-refractivity contribution in [3.63, 3.8) is 0 Å². The molecule has 18 heteroatoms. The van der Waals surface area contributed by atoms with E-state index in [1.54, 1.807) is 31.4 Å². The van der Waals surface area contributed by atoms with Crippen LogP contribution in [0.4, 0.5) is 0 Å². The summed E-state index contributed by atoms with van der Waals surface area (Å²) in [7, 11) is 1.71. The predicted molar refractivity (Wildman–Crippen MR) is 262 cm³/mol. The summed E-state index contributed by atoms with van der Waals surface area (Å²) in [5, 5.41) is 5.72. The van der Waals surface area contributed by atoms with Crippen molar-refractivity contribution in [3.8, 4) is 22.5 Å². The molecule has 0 spiro atoms. The van der Waals surface area contributed by atoms with Crippen LogP contribution in [-0.2, 0) is 35.1 Å². The molecule has 2 N–H and O–H groups in total. The Bertz CT molecular complexity index is 2830. The third kappa shape index (κ3) is 9.01. The summed E-state index contributed by atoms with van der Waals surface area (Å²) in [6, 6.07) is 10.4. The topological polar surface area (TPSA) is 193 Å². The van der Waals surface area contributed by atoms with Crippen LogP contribution in [0.5, 0.6) is 0 Å². The minimum Gasteiger partial charge on any atom is -0.464 e. The number of aromatic nitrogens is 5. The van der Waals surface area contributed by atoms with Gasteiger partial charge in [0.1, 0.15) is 36.4 Å². The molecule has 0 unspecified atom stereocenters. The van der Waals surface area contributed by atoms with E-state index in [2.05, 4.69) is 73.2 Å². The van der Waals surface area contributed by atoms with Crippen LogP contribution in [0.25, 0.3) is 33.4 Å². The second-order valence-electron chi connectivity index (χ2n) is 21.4. The quantitative estimate of drug-likeness (QED) is 0.182. The highest BCUT2D eigenvalue weighted by Gasteiger charge is 2.55. The maximum absolute atomic E-state index is 15.3. The largest absolute Gasteiger partial charge is 0.464 e. The van der Waals surface area contributed by atoms with Crippen LogP contribution in [0.3, 0.4) is 0 Å². The Kier molecular flexibility index (Phi) is 12.5. The Morgan fingerprint density at radius 2 is 1.77 bits per heavy atom. The number of benzene rings is 1. The molecule has 374 valence electrons. The van der Waals surface area contributed by atoms with E-state index in [1.165, 1.54) is 24.2 Å². The number of pyridine rings is 1. The lowest BCUT2D eigenvalue weighted by Gasteiger charge is -2.42. The Balaban J connectivity index is 1.06. The Morgan fingerprint density at radius 3 is 2.51 bits per heavy atom. The molecule has 8 heterocycles. The van der Waals surface area contributed by atoms with E-state index in [0.717, 1.165) is 57.8 Å². The van der Waals surface area contributed by atoms with Gasteiger partial charge in [-0.15, -0.1) is 0 Å². The van der Waals surface area contributed by atoms with E-state index in [-0.39, 0.29) is 48.3 Å². The lowest BCUT2D eigenvalue weighted by Crippen LogP contribution is -2.63. The molecule has 6 bridgehead atoms. The van der Waals surface area contributed by atoms with Crippen LogP contribution in [0, 0.1) is 17.3 Å². The van der Waals surface area contributed by atoms with Crippen molar-refractivity contribution >= 4 is 34.6 Å². The second-order valence-corrected chi connectivity index (χ2v) is 21.4. The molecule has 18 nitrogen and oxygen atoms in total.